The molecule has 0 radical (unpaired) electrons. The Morgan fingerprint density at radius 1 is 1.32 bits per heavy atom. The van der Waals surface area contributed by atoms with Crippen molar-refractivity contribution in [1.29, 1.82) is 0 Å². The first kappa shape index (κ1) is 12.7. The zero-order valence-corrected chi connectivity index (χ0v) is 11.5. The quantitative estimate of drug-likeness (QED) is 0.885. The Morgan fingerprint density at radius 2 is 2.05 bits per heavy atom. The summed E-state index contributed by atoms with van der Waals surface area (Å²) in [6.45, 7) is 2.30. The maximum Gasteiger partial charge on any atom is 0.169 e. The Bertz CT molecular complexity index is 583. The molecule has 0 spiro atoms. The Kier molecular flexibility index (Phi) is 3.09. The van der Waals surface area contributed by atoms with E-state index in [1.807, 2.05) is 19.2 Å². The minimum atomic E-state index is -0.282. The van der Waals surface area contributed by atoms with Crippen molar-refractivity contribution in [1.82, 2.24) is 5.32 Å². The Morgan fingerprint density at radius 3 is 2.68 bits per heavy atom. The van der Waals surface area contributed by atoms with Crippen molar-refractivity contribution in [3.63, 3.8) is 0 Å². The van der Waals surface area contributed by atoms with E-state index in [4.69, 9.17) is 4.42 Å². The molecule has 1 aromatic heterocycles. The van der Waals surface area contributed by atoms with Crippen LogP contribution < -0.4 is 5.32 Å². The molecular formula is C16H20FNO. The molecule has 1 aromatic carbocycles. The fourth-order valence-electron chi connectivity index (χ4n) is 3.50. The van der Waals surface area contributed by atoms with Crippen LogP contribution in [0.25, 0.3) is 11.0 Å². The van der Waals surface area contributed by atoms with Crippen molar-refractivity contribution >= 4 is 11.0 Å². The maximum atomic E-state index is 13.7. The first-order valence-corrected chi connectivity index (χ1v) is 6.99. The van der Waals surface area contributed by atoms with E-state index < -0.39 is 0 Å². The number of furan rings is 1. The van der Waals surface area contributed by atoms with Gasteiger partial charge in [0.2, 0.25) is 0 Å². The van der Waals surface area contributed by atoms with E-state index in [9.17, 15) is 4.39 Å². The fraction of sp³-hybridized carbons (Fsp3) is 0.500. The van der Waals surface area contributed by atoms with Crippen molar-refractivity contribution in [2.45, 2.75) is 38.6 Å². The molecule has 102 valence electrons. The third-order valence-electron chi connectivity index (χ3n) is 4.53. The minimum absolute atomic E-state index is 0.154. The molecule has 2 nitrogen and oxygen atoms in total. The van der Waals surface area contributed by atoms with Crippen molar-refractivity contribution in [3.8, 4) is 0 Å². The van der Waals surface area contributed by atoms with Crippen molar-refractivity contribution in [3.05, 3.63) is 35.8 Å². The zero-order chi connectivity index (χ0) is 13.5. The molecule has 1 fully saturated rings. The molecule has 1 atom stereocenters. The van der Waals surface area contributed by atoms with Crippen LogP contribution in [0, 0.1) is 11.2 Å². The third-order valence-corrected chi connectivity index (χ3v) is 4.53. The van der Waals surface area contributed by atoms with E-state index in [-0.39, 0.29) is 17.3 Å². The SMILES string of the molecule is CNC(c1cc2cccc(F)c2o1)C1(C)CCCC1. The number of fused-ring (bicyclic) bond motifs is 1. The highest BCUT2D eigenvalue weighted by molar-refractivity contribution is 5.78. The van der Waals surface area contributed by atoms with Crippen molar-refractivity contribution < 1.29 is 8.81 Å². The molecule has 1 heterocycles. The lowest BCUT2D eigenvalue weighted by atomic mass is 9.79. The normalized spacial score (nSPS) is 19.9. The topological polar surface area (TPSA) is 25.2 Å². The summed E-state index contributed by atoms with van der Waals surface area (Å²) in [6.07, 6.45) is 4.92. The highest BCUT2D eigenvalue weighted by Gasteiger charge is 2.38. The van der Waals surface area contributed by atoms with Gasteiger partial charge in [-0.2, -0.15) is 0 Å². The van der Waals surface area contributed by atoms with E-state index >= 15 is 0 Å². The Hall–Kier alpha value is -1.35. The van der Waals surface area contributed by atoms with Crippen LogP contribution in [0.5, 0.6) is 0 Å². The second-order valence-electron chi connectivity index (χ2n) is 5.89. The largest absolute Gasteiger partial charge is 0.456 e. The van der Waals surface area contributed by atoms with E-state index in [2.05, 4.69) is 12.2 Å². The summed E-state index contributed by atoms with van der Waals surface area (Å²) < 4.78 is 19.5. The summed E-state index contributed by atoms with van der Waals surface area (Å²) in [5.74, 6) is 0.571. The fourth-order valence-corrected chi connectivity index (χ4v) is 3.50. The molecule has 1 saturated carbocycles. The number of nitrogens with one attached hydrogen (secondary N) is 1. The number of hydrogen-bond acceptors (Lipinski definition) is 2. The monoisotopic (exact) mass is 261 g/mol. The molecule has 2 aromatic rings. The first-order chi connectivity index (χ1) is 9.14. The van der Waals surface area contributed by atoms with E-state index in [0.29, 0.717) is 5.58 Å². The van der Waals surface area contributed by atoms with Crippen LogP contribution in [0.4, 0.5) is 4.39 Å². The van der Waals surface area contributed by atoms with Crippen LogP contribution in [0.15, 0.2) is 28.7 Å². The molecule has 0 saturated heterocycles. The van der Waals surface area contributed by atoms with Crippen LogP contribution in [0.2, 0.25) is 0 Å². The average molecular weight is 261 g/mol. The summed E-state index contributed by atoms with van der Waals surface area (Å²) in [5.41, 5.74) is 0.582. The second kappa shape index (κ2) is 4.64. The Labute approximate surface area is 113 Å². The second-order valence-corrected chi connectivity index (χ2v) is 5.89. The summed E-state index contributed by atoms with van der Waals surface area (Å²) in [5, 5.41) is 4.21. The van der Waals surface area contributed by atoms with Gasteiger partial charge in [-0.25, -0.2) is 4.39 Å². The van der Waals surface area contributed by atoms with Gasteiger partial charge in [-0.15, -0.1) is 0 Å². The average Bonchev–Trinajstić information content (AvgIpc) is 2.98. The summed E-state index contributed by atoms with van der Waals surface area (Å²) >= 11 is 0. The van der Waals surface area contributed by atoms with Crippen molar-refractivity contribution in [2.24, 2.45) is 5.41 Å². The molecule has 0 aliphatic heterocycles. The molecule has 3 rings (SSSR count). The maximum absolute atomic E-state index is 13.7. The Balaban J connectivity index is 2.04. The molecular weight excluding hydrogens is 241 g/mol. The molecule has 1 unspecified atom stereocenters. The molecule has 1 aliphatic carbocycles. The van der Waals surface area contributed by atoms with Crippen LogP contribution in [-0.4, -0.2) is 7.05 Å². The van der Waals surface area contributed by atoms with Gasteiger partial charge >= 0.3 is 0 Å². The highest BCUT2D eigenvalue weighted by Crippen LogP contribution is 2.47. The lowest BCUT2D eigenvalue weighted by molar-refractivity contribution is 0.208. The standard InChI is InChI=1S/C16H20FNO/c1-16(8-3-4-9-16)15(18-2)13-10-11-6-5-7-12(17)14(11)19-13/h5-7,10,15,18H,3-4,8-9H2,1-2H3. The molecule has 0 amide bonds. The molecule has 0 bridgehead atoms. The molecule has 3 heteroatoms. The first-order valence-electron chi connectivity index (χ1n) is 6.99. The minimum Gasteiger partial charge on any atom is -0.456 e. The third kappa shape index (κ3) is 2.06. The van der Waals surface area contributed by atoms with Gasteiger partial charge in [0.15, 0.2) is 11.4 Å². The molecule has 1 aliphatic rings. The van der Waals surface area contributed by atoms with Gasteiger partial charge in [0.25, 0.3) is 0 Å². The number of para-hydroxylation sites is 1. The smallest absolute Gasteiger partial charge is 0.169 e. The predicted molar refractivity (Wildman–Crippen MR) is 74.5 cm³/mol. The lowest BCUT2D eigenvalue weighted by Crippen LogP contribution is -2.31. The number of halogens is 1. The molecule has 19 heavy (non-hydrogen) atoms. The van der Waals surface area contributed by atoms with E-state index in [1.165, 1.54) is 31.7 Å². The van der Waals surface area contributed by atoms with Crippen LogP contribution >= 0.6 is 0 Å². The molecule has 1 N–H and O–H groups in total. The summed E-state index contributed by atoms with van der Waals surface area (Å²) in [6, 6.07) is 7.20. The van der Waals surface area contributed by atoms with Crippen LogP contribution in [0.3, 0.4) is 0 Å². The van der Waals surface area contributed by atoms with Crippen LogP contribution in [-0.2, 0) is 0 Å². The van der Waals surface area contributed by atoms with Gasteiger partial charge < -0.3 is 9.73 Å². The highest BCUT2D eigenvalue weighted by atomic mass is 19.1. The number of rotatable bonds is 3. The summed E-state index contributed by atoms with van der Waals surface area (Å²) in [7, 11) is 1.96. The summed E-state index contributed by atoms with van der Waals surface area (Å²) in [4.78, 5) is 0. The zero-order valence-electron chi connectivity index (χ0n) is 11.5. The van der Waals surface area contributed by atoms with Gasteiger partial charge in [0.1, 0.15) is 5.76 Å². The van der Waals surface area contributed by atoms with Gasteiger partial charge in [-0.3, -0.25) is 0 Å². The van der Waals surface area contributed by atoms with Gasteiger partial charge in [-0.1, -0.05) is 31.9 Å². The number of hydrogen-bond donors (Lipinski definition) is 1. The number of benzene rings is 1. The van der Waals surface area contributed by atoms with Crippen molar-refractivity contribution in [2.75, 3.05) is 7.05 Å². The van der Waals surface area contributed by atoms with Gasteiger partial charge in [0, 0.05) is 5.39 Å². The predicted octanol–water partition coefficient (Wildman–Crippen LogP) is 4.41. The van der Waals surface area contributed by atoms with E-state index in [1.54, 1.807) is 6.07 Å². The van der Waals surface area contributed by atoms with Gasteiger partial charge in [0.05, 0.1) is 6.04 Å². The van der Waals surface area contributed by atoms with E-state index in [0.717, 1.165) is 11.1 Å². The van der Waals surface area contributed by atoms with Gasteiger partial charge in [-0.05, 0) is 37.4 Å². The van der Waals surface area contributed by atoms with Crippen LogP contribution in [0.1, 0.15) is 44.4 Å². The lowest BCUT2D eigenvalue weighted by Gasteiger charge is -2.32.